The third kappa shape index (κ3) is 1.95. The third-order valence-electron chi connectivity index (χ3n) is 2.30. The van der Waals surface area contributed by atoms with Crippen LogP contribution < -0.4 is 5.32 Å². The molecule has 1 aliphatic heterocycles. The topological polar surface area (TPSA) is 55.7 Å². The van der Waals surface area contributed by atoms with E-state index in [9.17, 15) is 0 Å². The fraction of sp³-hybridized carbons (Fsp3) is 1.00. The van der Waals surface area contributed by atoms with Gasteiger partial charge < -0.3 is 10.2 Å². The lowest BCUT2D eigenvalue weighted by atomic mass is 10.2. The largest absolute Gasteiger partial charge is 0.393 e. The number of hydrogen-bond acceptors (Lipinski definition) is 4. The van der Waals surface area contributed by atoms with Crippen molar-refractivity contribution in [2.45, 2.75) is 32.1 Å². The minimum atomic E-state index is 0.0636. The average molecular weight is 174 g/mol. The van der Waals surface area contributed by atoms with Gasteiger partial charge in [-0.25, -0.2) is 0 Å². The second-order valence-electron chi connectivity index (χ2n) is 3.15. The molecule has 0 aromatic rings. The SMILES string of the molecule is CCCCN1C(CO)NC1CO. The predicted molar refractivity (Wildman–Crippen MR) is 46.5 cm³/mol. The van der Waals surface area contributed by atoms with Gasteiger partial charge in [-0.15, -0.1) is 0 Å². The van der Waals surface area contributed by atoms with Crippen LogP contribution in [0.5, 0.6) is 0 Å². The van der Waals surface area contributed by atoms with Crippen molar-refractivity contribution in [3.8, 4) is 0 Å². The zero-order chi connectivity index (χ0) is 8.97. The molecule has 0 aliphatic carbocycles. The van der Waals surface area contributed by atoms with Crippen LogP contribution in [0.25, 0.3) is 0 Å². The van der Waals surface area contributed by atoms with E-state index in [-0.39, 0.29) is 25.5 Å². The molecule has 1 aliphatic rings. The molecule has 4 heteroatoms. The van der Waals surface area contributed by atoms with E-state index in [0.717, 1.165) is 19.4 Å². The standard InChI is InChI=1S/C8H18N2O2/c1-2-3-4-10-7(5-11)9-8(10)6-12/h7-9,11-12H,2-6H2,1H3. The van der Waals surface area contributed by atoms with E-state index in [1.807, 2.05) is 0 Å². The van der Waals surface area contributed by atoms with Crippen LogP contribution in [0, 0.1) is 0 Å². The van der Waals surface area contributed by atoms with E-state index in [1.165, 1.54) is 0 Å². The summed E-state index contributed by atoms with van der Waals surface area (Å²) in [7, 11) is 0. The predicted octanol–water partition coefficient (Wildman–Crippen LogP) is -0.672. The van der Waals surface area contributed by atoms with Crippen molar-refractivity contribution in [3.63, 3.8) is 0 Å². The first-order chi connectivity index (χ1) is 5.83. The first kappa shape index (κ1) is 9.92. The van der Waals surface area contributed by atoms with Gasteiger partial charge in [0.2, 0.25) is 0 Å². The first-order valence-corrected chi connectivity index (χ1v) is 4.57. The van der Waals surface area contributed by atoms with Crippen molar-refractivity contribution < 1.29 is 10.2 Å². The second kappa shape index (κ2) is 4.77. The molecule has 72 valence electrons. The Morgan fingerprint density at radius 2 is 1.83 bits per heavy atom. The van der Waals surface area contributed by atoms with Crippen molar-refractivity contribution in [2.75, 3.05) is 19.8 Å². The van der Waals surface area contributed by atoms with Crippen LogP contribution >= 0.6 is 0 Å². The van der Waals surface area contributed by atoms with E-state index < -0.39 is 0 Å². The fourth-order valence-electron chi connectivity index (χ4n) is 1.52. The van der Waals surface area contributed by atoms with Crippen molar-refractivity contribution in [2.24, 2.45) is 0 Å². The number of rotatable bonds is 5. The molecule has 0 saturated carbocycles. The van der Waals surface area contributed by atoms with Crippen LogP contribution in [0.15, 0.2) is 0 Å². The monoisotopic (exact) mass is 174 g/mol. The fourth-order valence-corrected chi connectivity index (χ4v) is 1.52. The number of unbranched alkanes of at least 4 members (excludes halogenated alkanes) is 1. The van der Waals surface area contributed by atoms with Gasteiger partial charge >= 0.3 is 0 Å². The normalized spacial score (nSPS) is 30.2. The van der Waals surface area contributed by atoms with Gasteiger partial charge in [-0.3, -0.25) is 10.2 Å². The Kier molecular flexibility index (Phi) is 3.94. The van der Waals surface area contributed by atoms with Crippen molar-refractivity contribution in [1.29, 1.82) is 0 Å². The van der Waals surface area contributed by atoms with Crippen LogP contribution in [0.3, 0.4) is 0 Å². The maximum Gasteiger partial charge on any atom is 0.0861 e. The van der Waals surface area contributed by atoms with Gasteiger partial charge in [-0.2, -0.15) is 0 Å². The molecule has 0 bridgehead atoms. The summed E-state index contributed by atoms with van der Waals surface area (Å²) in [5, 5.41) is 20.8. The molecule has 0 radical (unpaired) electrons. The lowest BCUT2D eigenvalue weighted by Gasteiger charge is -2.48. The molecule has 0 amide bonds. The molecule has 1 rings (SSSR count). The molecular weight excluding hydrogens is 156 g/mol. The molecule has 0 spiro atoms. The van der Waals surface area contributed by atoms with Gasteiger partial charge in [0.1, 0.15) is 0 Å². The molecule has 3 N–H and O–H groups in total. The number of nitrogens with zero attached hydrogens (tertiary/aromatic N) is 1. The lowest BCUT2D eigenvalue weighted by molar-refractivity contribution is -0.0766. The van der Waals surface area contributed by atoms with Gasteiger partial charge in [0, 0.05) is 6.54 Å². The molecule has 2 atom stereocenters. The quantitative estimate of drug-likeness (QED) is 0.517. The Bertz CT molecular complexity index is 122. The Hall–Kier alpha value is -0.160. The number of aliphatic hydroxyl groups is 2. The van der Waals surface area contributed by atoms with Crippen molar-refractivity contribution in [1.82, 2.24) is 10.2 Å². The Morgan fingerprint density at radius 3 is 2.25 bits per heavy atom. The summed E-state index contributed by atoms with van der Waals surface area (Å²) in [6, 6.07) is 0. The van der Waals surface area contributed by atoms with E-state index in [2.05, 4.69) is 17.1 Å². The number of hydrogen-bond donors (Lipinski definition) is 3. The highest BCUT2D eigenvalue weighted by molar-refractivity contribution is 4.86. The third-order valence-corrected chi connectivity index (χ3v) is 2.30. The van der Waals surface area contributed by atoms with Gasteiger partial charge in [0.05, 0.1) is 25.5 Å². The Morgan fingerprint density at radius 1 is 1.25 bits per heavy atom. The zero-order valence-corrected chi connectivity index (χ0v) is 7.53. The summed E-state index contributed by atoms with van der Waals surface area (Å²) < 4.78 is 0. The van der Waals surface area contributed by atoms with Crippen LogP contribution in [-0.2, 0) is 0 Å². The van der Waals surface area contributed by atoms with Gasteiger partial charge in [0.15, 0.2) is 0 Å². The minimum absolute atomic E-state index is 0.0636. The lowest BCUT2D eigenvalue weighted by Crippen LogP contribution is -2.72. The average Bonchev–Trinajstić information content (AvgIpc) is 2.05. The summed E-state index contributed by atoms with van der Waals surface area (Å²) in [5.41, 5.74) is 0. The van der Waals surface area contributed by atoms with Crippen molar-refractivity contribution in [3.05, 3.63) is 0 Å². The summed E-state index contributed by atoms with van der Waals surface area (Å²) in [6.45, 7) is 3.34. The molecule has 0 aromatic heterocycles. The van der Waals surface area contributed by atoms with Crippen LogP contribution in [0.4, 0.5) is 0 Å². The molecule has 1 heterocycles. The summed E-state index contributed by atoms with van der Waals surface area (Å²) in [5.74, 6) is 0. The van der Waals surface area contributed by atoms with E-state index in [4.69, 9.17) is 10.2 Å². The maximum atomic E-state index is 8.88. The highest BCUT2D eigenvalue weighted by Crippen LogP contribution is 2.13. The first-order valence-electron chi connectivity index (χ1n) is 4.57. The molecule has 12 heavy (non-hydrogen) atoms. The molecular formula is C8H18N2O2. The van der Waals surface area contributed by atoms with Crippen LogP contribution in [0.1, 0.15) is 19.8 Å². The van der Waals surface area contributed by atoms with Crippen LogP contribution in [-0.4, -0.2) is 47.2 Å². The van der Waals surface area contributed by atoms with E-state index >= 15 is 0 Å². The zero-order valence-electron chi connectivity index (χ0n) is 7.53. The second-order valence-corrected chi connectivity index (χ2v) is 3.15. The van der Waals surface area contributed by atoms with Crippen LogP contribution in [0.2, 0.25) is 0 Å². The summed E-state index contributed by atoms with van der Waals surface area (Å²) in [6.07, 6.45) is 2.39. The molecule has 0 aromatic carbocycles. The maximum absolute atomic E-state index is 8.88. The summed E-state index contributed by atoms with van der Waals surface area (Å²) >= 11 is 0. The van der Waals surface area contributed by atoms with Gasteiger partial charge in [0.25, 0.3) is 0 Å². The minimum Gasteiger partial charge on any atom is -0.393 e. The number of nitrogens with one attached hydrogen (secondary N) is 1. The smallest absolute Gasteiger partial charge is 0.0861 e. The Balaban J connectivity index is 2.25. The molecule has 1 fully saturated rings. The Labute approximate surface area is 73.2 Å². The molecule has 4 nitrogen and oxygen atoms in total. The van der Waals surface area contributed by atoms with E-state index in [1.54, 1.807) is 0 Å². The van der Waals surface area contributed by atoms with Gasteiger partial charge in [-0.1, -0.05) is 13.3 Å². The summed E-state index contributed by atoms with van der Waals surface area (Å²) in [4.78, 5) is 2.10. The van der Waals surface area contributed by atoms with E-state index in [0.29, 0.717) is 0 Å². The molecule has 2 unspecified atom stereocenters. The van der Waals surface area contributed by atoms with Gasteiger partial charge in [-0.05, 0) is 6.42 Å². The van der Waals surface area contributed by atoms with Crippen molar-refractivity contribution >= 4 is 0 Å². The number of aliphatic hydroxyl groups excluding tert-OH is 2. The highest BCUT2D eigenvalue weighted by Gasteiger charge is 2.35. The highest BCUT2D eigenvalue weighted by atomic mass is 16.3. The molecule has 1 saturated heterocycles.